The third-order valence-corrected chi connectivity index (χ3v) is 5.34. The maximum atomic E-state index is 3.85. The van der Waals surface area contributed by atoms with Crippen molar-refractivity contribution in [3.05, 3.63) is 29.3 Å². The average Bonchev–Trinajstić information content (AvgIpc) is 2.30. The Morgan fingerprint density at radius 2 is 2.00 bits per heavy atom. The summed E-state index contributed by atoms with van der Waals surface area (Å²) >= 11 is 0. The van der Waals surface area contributed by atoms with E-state index < -0.39 is 0 Å². The molecule has 1 saturated carbocycles. The number of hydrogen-bond donors (Lipinski definition) is 1. The maximum Gasteiger partial charge on any atom is 0.0410 e. The molecule has 1 aromatic carbocycles. The Hall–Kier alpha value is -0.980. The second-order valence-corrected chi connectivity index (χ2v) is 6.99. The van der Waals surface area contributed by atoms with Gasteiger partial charge in [-0.15, -0.1) is 0 Å². The van der Waals surface area contributed by atoms with E-state index in [1.165, 1.54) is 36.1 Å². The van der Waals surface area contributed by atoms with E-state index in [4.69, 9.17) is 0 Å². The molecule has 0 amide bonds. The minimum absolute atomic E-state index is 0.317. The Kier molecular flexibility index (Phi) is 2.69. The Morgan fingerprint density at radius 1 is 1.22 bits per heavy atom. The van der Waals surface area contributed by atoms with Crippen LogP contribution in [0.1, 0.15) is 51.2 Å². The van der Waals surface area contributed by atoms with Crippen molar-refractivity contribution in [1.29, 1.82) is 0 Å². The van der Waals surface area contributed by atoms with Crippen molar-refractivity contribution in [3.8, 4) is 0 Å². The average molecular weight is 243 g/mol. The Balaban J connectivity index is 2.07. The van der Waals surface area contributed by atoms with E-state index in [0.717, 1.165) is 11.8 Å². The van der Waals surface area contributed by atoms with Crippen molar-refractivity contribution in [2.45, 2.75) is 58.4 Å². The molecule has 3 atom stereocenters. The fourth-order valence-electron chi connectivity index (χ4n) is 4.19. The lowest BCUT2D eigenvalue weighted by molar-refractivity contribution is 0.173. The van der Waals surface area contributed by atoms with Crippen LogP contribution in [0.15, 0.2) is 18.2 Å². The summed E-state index contributed by atoms with van der Waals surface area (Å²) in [5.41, 5.74) is 4.66. The standard InChI is InChI=1S/C17H25N/c1-11-8-9-13-15(10-11)18-16-12(2)6-5-7-14(16)17(13,3)4/h5-7,11,13,15,18H,8-10H2,1-4H3/t11-,13-,15+/m1/s1. The highest BCUT2D eigenvalue weighted by atomic mass is 15.0. The topological polar surface area (TPSA) is 12.0 Å². The van der Waals surface area contributed by atoms with Crippen molar-refractivity contribution in [3.63, 3.8) is 0 Å². The zero-order valence-corrected chi connectivity index (χ0v) is 12.1. The van der Waals surface area contributed by atoms with Crippen molar-refractivity contribution < 1.29 is 0 Å². The lowest BCUT2D eigenvalue weighted by Gasteiger charge is -2.50. The second kappa shape index (κ2) is 4.01. The van der Waals surface area contributed by atoms with E-state index in [0.29, 0.717) is 11.5 Å². The van der Waals surface area contributed by atoms with Crippen LogP contribution in [0.25, 0.3) is 0 Å². The molecule has 2 aliphatic rings. The van der Waals surface area contributed by atoms with Gasteiger partial charge >= 0.3 is 0 Å². The van der Waals surface area contributed by atoms with E-state index in [2.05, 4.69) is 51.2 Å². The smallest absolute Gasteiger partial charge is 0.0410 e. The molecular formula is C17H25N. The van der Waals surface area contributed by atoms with Gasteiger partial charge in [-0.2, -0.15) is 0 Å². The third-order valence-electron chi connectivity index (χ3n) is 5.34. The molecule has 1 aliphatic heterocycles. The molecule has 98 valence electrons. The monoisotopic (exact) mass is 243 g/mol. The molecule has 1 heteroatoms. The van der Waals surface area contributed by atoms with Crippen LogP contribution in [-0.4, -0.2) is 6.04 Å². The summed E-state index contributed by atoms with van der Waals surface area (Å²) in [6, 6.07) is 7.44. The first kappa shape index (κ1) is 12.1. The molecule has 1 aliphatic carbocycles. The number of rotatable bonds is 0. The number of nitrogens with one attached hydrogen (secondary N) is 1. The molecule has 0 spiro atoms. The molecule has 0 bridgehead atoms. The van der Waals surface area contributed by atoms with Gasteiger partial charge in [-0.1, -0.05) is 45.4 Å². The second-order valence-electron chi connectivity index (χ2n) is 6.99. The summed E-state index contributed by atoms with van der Waals surface area (Å²) in [6.07, 6.45) is 4.11. The third kappa shape index (κ3) is 1.67. The summed E-state index contributed by atoms with van der Waals surface area (Å²) in [5.74, 6) is 1.67. The van der Waals surface area contributed by atoms with Gasteiger partial charge in [0.25, 0.3) is 0 Å². The highest BCUT2D eigenvalue weighted by Gasteiger charge is 2.44. The Bertz CT molecular complexity index is 461. The molecule has 18 heavy (non-hydrogen) atoms. The van der Waals surface area contributed by atoms with Gasteiger partial charge < -0.3 is 5.32 Å². The van der Waals surface area contributed by atoms with Crippen LogP contribution in [0, 0.1) is 18.8 Å². The number of benzene rings is 1. The van der Waals surface area contributed by atoms with Crippen molar-refractivity contribution >= 4 is 5.69 Å². The highest BCUT2D eigenvalue weighted by Crippen LogP contribution is 2.49. The van der Waals surface area contributed by atoms with Gasteiger partial charge in [0.05, 0.1) is 0 Å². The zero-order chi connectivity index (χ0) is 12.9. The summed E-state index contributed by atoms with van der Waals surface area (Å²) in [7, 11) is 0. The first-order valence-electron chi connectivity index (χ1n) is 7.37. The van der Waals surface area contributed by atoms with Gasteiger partial charge in [-0.05, 0) is 48.1 Å². The van der Waals surface area contributed by atoms with Crippen LogP contribution in [0.2, 0.25) is 0 Å². The van der Waals surface area contributed by atoms with Crippen LogP contribution in [0.4, 0.5) is 5.69 Å². The first-order valence-corrected chi connectivity index (χ1v) is 7.37. The number of aryl methyl sites for hydroxylation is 1. The SMILES string of the molecule is Cc1cccc2c1N[C@H]1C[C@H](C)CC[C@H]1C2(C)C. The zero-order valence-electron chi connectivity index (χ0n) is 12.1. The first-order chi connectivity index (χ1) is 8.50. The number of anilines is 1. The molecule has 1 fully saturated rings. The maximum absolute atomic E-state index is 3.85. The molecule has 1 aromatic rings. The van der Waals surface area contributed by atoms with Crippen LogP contribution >= 0.6 is 0 Å². The minimum atomic E-state index is 0.317. The van der Waals surface area contributed by atoms with Gasteiger partial charge in [-0.25, -0.2) is 0 Å². The van der Waals surface area contributed by atoms with Gasteiger partial charge in [0, 0.05) is 11.7 Å². The summed E-state index contributed by atoms with van der Waals surface area (Å²) in [5, 5.41) is 3.85. The molecule has 3 rings (SSSR count). The Labute approximate surface area is 111 Å². The minimum Gasteiger partial charge on any atom is -0.382 e. The summed E-state index contributed by atoms with van der Waals surface area (Å²) in [4.78, 5) is 0. The van der Waals surface area contributed by atoms with Crippen molar-refractivity contribution in [1.82, 2.24) is 0 Å². The molecule has 1 heterocycles. The molecule has 0 radical (unpaired) electrons. The normalized spacial score (nSPS) is 33.2. The predicted octanol–water partition coefficient (Wildman–Crippen LogP) is 4.50. The van der Waals surface area contributed by atoms with E-state index >= 15 is 0 Å². The summed E-state index contributed by atoms with van der Waals surface area (Å²) in [6.45, 7) is 9.52. The lowest BCUT2D eigenvalue weighted by Crippen LogP contribution is -2.49. The van der Waals surface area contributed by atoms with Gasteiger partial charge in [-0.3, -0.25) is 0 Å². The fraction of sp³-hybridized carbons (Fsp3) is 0.647. The molecule has 0 aromatic heterocycles. The van der Waals surface area contributed by atoms with E-state index in [1.54, 1.807) is 0 Å². The molecule has 0 saturated heterocycles. The van der Waals surface area contributed by atoms with E-state index in [1.807, 2.05) is 0 Å². The van der Waals surface area contributed by atoms with E-state index in [-0.39, 0.29) is 0 Å². The summed E-state index contributed by atoms with van der Waals surface area (Å²) < 4.78 is 0. The van der Waals surface area contributed by atoms with Crippen LogP contribution < -0.4 is 5.32 Å². The van der Waals surface area contributed by atoms with E-state index in [9.17, 15) is 0 Å². The van der Waals surface area contributed by atoms with Crippen LogP contribution in [0.3, 0.4) is 0 Å². The van der Waals surface area contributed by atoms with Crippen molar-refractivity contribution in [2.24, 2.45) is 11.8 Å². The van der Waals surface area contributed by atoms with Gasteiger partial charge in [0.15, 0.2) is 0 Å². The quantitative estimate of drug-likeness (QED) is 0.707. The predicted molar refractivity (Wildman–Crippen MR) is 78.1 cm³/mol. The fourth-order valence-corrected chi connectivity index (χ4v) is 4.19. The van der Waals surface area contributed by atoms with Gasteiger partial charge in [0.1, 0.15) is 0 Å². The van der Waals surface area contributed by atoms with Crippen LogP contribution in [0.5, 0.6) is 0 Å². The molecule has 1 nitrogen and oxygen atoms in total. The highest BCUT2D eigenvalue weighted by molar-refractivity contribution is 5.63. The largest absolute Gasteiger partial charge is 0.382 e. The number of hydrogen-bond acceptors (Lipinski definition) is 1. The Morgan fingerprint density at radius 3 is 2.78 bits per heavy atom. The molecule has 0 unspecified atom stereocenters. The lowest BCUT2D eigenvalue weighted by atomic mass is 9.61. The van der Waals surface area contributed by atoms with Crippen molar-refractivity contribution in [2.75, 3.05) is 5.32 Å². The number of para-hydroxylation sites is 1. The molecular weight excluding hydrogens is 218 g/mol. The molecule has 1 N–H and O–H groups in total. The van der Waals surface area contributed by atoms with Crippen LogP contribution in [-0.2, 0) is 5.41 Å². The number of fused-ring (bicyclic) bond motifs is 2. The van der Waals surface area contributed by atoms with Gasteiger partial charge in [0.2, 0.25) is 0 Å².